The van der Waals surface area contributed by atoms with Crippen LogP contribution >= 0.6 is 11.3 Å². The number of rotatable bonds is 2. The van der Waals surface area contributed by atoms with Crippen molar-refractivity contribution in [2.45, 2.75) is 46.0 Å². The highest BCUT2D eigenvalue weighted by atomic mass is 32.1. The first-order chi connectivity index (χ1) is 14.3. The first kappa shape index (κ1) is 19.3. The molecule has 2 aromatic heterocycles. The van der Waals surface area contributed by atoms with Crippen LogP contribution in [0.4, 0.5) is 0 Å². The van der Waals surface area contributed by atoms with Crippen molar-refractivity contribution in [2.75, 3.05) is 0 Å². The lowest BCUT2D eigenvalue weighted by atomic mass is 9.82. The van der Waals surface area contributed by atoms with Gasteiger partial charge in [-0.1, -0.05) is 77.1 Å². The van der Waals surface area contributed by atoms with Gasteiger partial charge in [-0.05, 0) is 51.4 Å². The Bertz CT molecular complexity index is 1400. The second-order valence-electron chi connectivity index (χ2n) is 9.51. The Morgan fingerprint density at radius 1 is 0.800 bits per heavy atom. The molecule has 0 N–H and O–H groups in total. The topological polar surface area (TPSA) is 12.9 Å². The monoisotopic (exact) mass is 409 g/mol. The fraction of sp³-hybridized carbons (Fsp3) is 0.250. The van der Waals surface area contributed by atoms with Crippen LogP contribution < -0.4 is 0 Å². The largest absolute Gasteiger partial charge is 0.255 e. The zero-order valence-electron chi connectivity index (χ0n) is 18.3. The molecule has 5 rings (SSSR count). The summed E-state index contributed by atoms with van der Waals surface area (Å²) in [4.78, 5) is 4.89. The standard InChI is InChI=1S/C28H27NS/c1-17(2)20-11-8-12-22-23-13-14-29-25(27(23)30-26(20)22)19-15-18-9-6-7-10-21(18)24(16-19)28(3,4)5/h6-17H,1-5H3. The van der Waals surface area contributed by atoms with E-state index >= 15 is 0 Å². The van der Waals surface area contributed by atoms with Crippen molar-refractivity contribution in [1.29, 1.82) is 0 Å². The van der Waals surface area contributed by atoms with Gasteiger partial charge in [-0.15, -0.1) is 11.3 Å². The molecule has 0 fully saturated rings. The normalized spacial score (nSPS) is 12.5. The highest BCUT2D eigenvalue weighted by Crippen LogP contribution is 2.43. The molecule has 5 aromatic rings. The maximum absolute atomic E-state index is 4.89. The van der Waals surface area contributed by atoms with Gasteiger partial charge in [0, 0.05) is 27.2 Å². The van der Waals surface area contributed by atoms with Crippen molar-refractivity contribution in [3.8, 4) is 11.3 Å². The van der Waals surface area contributed by atoms with Crippen LogP contribution in [-0.4, -0.2) is 4.98 Å². The minimum atomic E-state index is 0.0640. The predicted octanol–water partition coefficient (Wildman–Crippen LogP) is 8.69. The maximum atomic E-state index is 4.89. The summed E-state index contributed by atoms with van der Waals surface area (Å²) in [5.74, 6) is 0.506. The molecule has 0 amide bonds. The molecular formula is C28H27NS. The molecule has 0 spiro atoms. The van der Waals surface area contributed by atoms with Gasteiger partial charge in [-0.25, -0.2) is 0 Å². The van der Waals surface area contributed by atoms with Crippen LogP contribution in [0.5, 0.6) is 0 Å². The Balaban J connectivity index is 1.85. The molecule has 0 aliphatic rings. The lowest BCUT2D eigenvalue weighted by Crippen LogP contribution is -2.12. The predicted molar refractivity (Wildman–Crippen MR) is 133 cm³/mol. The number of thiophene rings is 1. The number of benzene rings is 3. The fourth-order valence-electron chi connectivity index (χ4n) is 4.47. The Kier molecular flexibility index (Phi) is 4.44. The smallest absolute Gasteiger partial charge is 0.0880 e. The van der Waals surface area contributed by atoms with Crippen molar-refractivity contribution in [1.82, 2.24) is 4.98 Å². The van der Waals surface area contributed by atoms with Crippen molar-refractivity contribution in [3.63, 3.8) is 0 Å². The molecule has 0 aliphatic carbocycles. The van der Waals surface area contributed by atoms with E-state index < -0.39 is 0 Å². The molecule has 0 bridgehead atoms. The summed E-state index contributed by atoms with van der Waals surface area (Å²) >= 11 is 1.89. The van der Waals surface area contributed by atoms with Gasteiger partial charge in [0.1, 0.15) is 0 Å². The first-order valence-corrected chi connectivity index (χ1v) is 11.5. The highest BCUT2D eigenvalue weighted by molar-refractivity contribution is 7.26. The molecule has 150 valence electrons. The average Bonchev–Trinajstić information content (AvgIpc) is 3.11. The number of hydrogen-bond donors (Lipinski definition) is 0. The van der Waals surface area contributed by atoms with Gasteiger partial charge in [0.2, 0.25) is 0 Å². The number of hydrogen-bond acceptors (Lipinski definition) is 2. The van der Waals surface area contributed by atoms with E-state index in [0.717, 1.165) is 5.69 Å². The van der Waals surface area contributed by atoms with E-state index in [1.54, 1.807) is 0 Å². The Hall–Kier alpha value is -2.71. The third-order valence-corrected chi connectivity index (χ3v) is 7.29. The van der Waals surface area contributed by atoms with Gasteiger partial charge in [0.25, 0.3) is 0 Å². The summed E-state index contributed by atoms with van der Waals surface area (Å²) in [6, 6.07) is 22.3. The van der Waals surface area contributed by atoms with Crippen LogP contribution in [0, 0.1) is 0 Å². The van der Waals surface area contributed by atoms with Gasteiger partial charge in [0.15, 0.2) is 0 Å². The van der Waals surface area contributed by atoms with Gasteiger partial charge in [0.05, 0.1) is 10.4 Å². The SMILES string of the molecule is CC(C)c1cccc2c1sc1c(-c3cc(C(C)(C)C)c4ccccc4c3)nccc12. The fourth-order valence-corrected chi connectivity index (χ4v) is 5.94. The van der Waals surface area contributed by atoms with Crippen molar-refractivity contribution < 1.29 is 0 Å². The van der Waals surface area contributed by atoms with E-state index in [2.05, 4.69) is 95.3 Å². The number of pyridine rings is 1. The summed E-state index contributed by atoms with van der Waals surface area (Å²) in [5.41, 5.74) is 5.17. The van der Waals surface area contributed by atoms with Gasteiger partial charge in [-0.3, -0.25) is 4.98 Å². The molecule has 3 aromatic carbocycles. The minimum absolute atomic E-state index is 0.0640. The van der Waals surface area contributed by atoms with Crippen LogP contribution in [0.3, 0.4) is 0 Å². The summed E-state index contributed by atoms with van der Waals surface area (Å²) < 4.78 is 2.68. The molecule has 0 saturated carbocycles. The molecule has 0 saturated heterocycles. The Labute approximate surface area is 182 Å². The zero-order valence-corrected chi connectivity index (χ0v) is 19.1. The second kappa shape index (κ2) is 6.92. The van der Waals surface area contributed by atoms with Gasteiger partial charge < -0.3 is 0 Å². The quantitative estimate of drug-likeness (QED) is 0.284. The molecule has 0 atom stereocenters. The molecular weight excluding hydrogens is 382 g/mol. The lowest BCUT2D eigenvalue weighted by Gasteiger charge is -2.22. The third kappa shape index (κ3) is 3.02. The highest BCUT2D eigenvalue weighted by Gasteiger charge is 2.20. The summed E-state index contributed by atoms with van der Waals surface area (Å²) in [7, 11) is 0. The summed E-state index contributed by atoms with van der Waals surface area (Å²) in [5, 5.41) is 5.27. The first-order valence-electron chi connectivity index (χ1n) is 10.7. The summed E-state index contributed by atoms with van der Waals surface area (Å²) in [6.07, 6.45) is 1.97. The van der Waals surface area contributed by atoms with E-state index in [9.17, 15) is 0 Å². The third-order valence-electron chi connectivity index (χ3n) is 6.01. The van der Waals surface area contributed by atoms with E-state index in [0.29, 0.717) is 5.92 Å². The van der Waals surface area contributed by atoms with E-state index in [-0.39, 0.29) is 5.41 Å². The van der Waals surface area contributed by atoms with Crippen molar-refractivity contribution in [3.05, 3.63) is 78.0 Å². The van der Waals surface area contributed by atoms with E-state index in [4.69, 9.17) is 4.98 Å². The minimum Gasteiger partial charge on any atom is -0.255 e. The summed E-state index contributed by atoms with van der Waals surface area (Å²) in [6.45, 7) is 11.4. The molecule has 0 radical (unpaired) electrons. The van der Waals surface area contributed by atoms with Crippen LogP contribution in [0.1, 0.15) is 51.7 Å². The zero-order chi connectivity index (χ0) is 21.0. The van der Waals surface area contributed by atoms with E-state index in [1.165, 1.54) is 47.6 Å². The van der Waals surface area contributed by atoms with Crippen LogP contribution in [-0.2, 0) is 5.41 Å². The number of nitrogens with zero attached hydrogens (tertiary/aromatic N) is 1. The average molecular weight is 410 g/mol. The lowest BCUT2D eigenvalue weighted by molar-refractivity contribution is 0.596. The molecule has 0 aliphatic heterocycles. The Morgan fingerprint density at radius 3 is 2.30 bits per heavy atom. The van der Waals surface area contributed by atoms with Crippen LogP contribution in [0.25, 0.3) is 42.2 Å². The molecule has 2 heteroatoms. The second-order valence-corrected chi connectivity index (χ2v) is 10.5. The molecule has 1 nitrogen and oxygen atoms in total. The van der Waals surface area contributed by atoms with Crippen molar-refractivity contribution in [2.24, 2.45) is 0 Å². The van der Waals surface area contributed by atoms with Gasteiger partial charge >= 0.3 is 0 Å². The van der Waals surface area contributed by atoms with Crippen LogP contribution in [0.2, 0.25) is 0 Å². The van der Waals surface area contributed by atoms with Crippen molar-refractivity contribution >= 4 is 42.3 Å². The van der Waals surface area contributed by atoms with Gasteiger partial charge in [-0.2, -0.15) is 0 Å². The Morgan fingerprint density at radius 2 is 1.53 bits per heavy atom. The molecule has 30 heavy (non-hydrogen) atoms. The van der Waals surface area contributed by atoms with E-state index in [1.807, 2.05) is 17.5 Å². The number of aromatic nitrogens is 1. The maximum Gasteiger partial charge on any atom is 0.0880 e. The van der Waals surface area contributed by atoms with Crippen LogP contribution in [0.15, 0.2) is 66.9 Å². The molecule has 2 heterocycles. The number of fused-ring (bicyclic) bond motifs is 4. The molecule has 0 unspecified atom stereocenters.